The van der Waals surface area contributed by atoms with Crippen LogP contribution in [0.5, 0.6) is 0 Å². The highest BCUT2D eigenvalue weighted by Gasteiger charge is 2.36. The van der Waals surface area contributed by atoms with Crippen LogP contribution in [-0.4, -0.2) is 49.8 Å². The van der Waals surface area contributed by atoms with Crippen molar-refractivity contribution < 1.29 is 8.42 Å². The maximum Gasteiger partial charge on any atom is 0.281 e. The Hall–Kier alpha value is -0.170. The Morgan fingerprint density at radius 1 is 1.33 bits per heavy atom. The quantitative estimate of drug-likeness (QED) is 0.724. The van der Waals surface area contributed by atoms with E-state index >= 15 is 0 Å². The average molecular weight is 235 g/mol. The molecule has 1 aliphatic heterocycles. The Labute approximate surface area is 92.4 Å². The van der Waals surface area contributed by atoms with E-state index in [4.69, 9.17) is 5.73 Å². The van der Waals surface area contributed by atoms with Crippen molar-refractivity contribution in [1.29, 1.82) is 0 Å². The molecule has 5 nitrogen and oxygen atoms in total. The molecule has 2 N–H and O–H groups in total. The van der Waals surface area contributed by atoms with Gasteiger partial charge in [-0.05, 0) is 5.41 Å². The number of hydrogen-bond donors (Lipinski definition) is 1. The molecule has 0 spiro atoms. The van der Waals surface area contributed by atoms with Crippen LogP contribution in [0.2, 0.25) is 0 Å². The Morgan fingerprint density at radius 3 is 2.20 bits per heavy atom. The van der Waals surface area contributed by atoms with Crippen molar-refractivity contribution >= 4 is 10.2 Å². The zero-order chi connectivity index (χ0) is 11.9. The fraction of sp³-hybridized carbons (Fsp3) is 1.00. The Bertz CT molecular complexity index is 321. The molecule has 0 bridgehead atoms. The van der Waals surface area contributed by atoms with Gasteiger partial charge in [0.15, 0.2) is 0 Å². The molecule has 0 aliphatic carbocycles. The van der Waals surface area contributed by atoms with E-state index in [0.717, 1.165) is 0 Å². The van der Waals surface area contributed by atoms with E-state index in [-0.39, 0.29) is 11.5 Å². The van der Waals surface area contributed by atoms with Gasteiger partial charge in [0.25, 0.3) is 10.2 Å². The van der Waals surface area contributed by atoms with Crippen molar-refractivity contribution in [3.8, 4) is 0 Å². The van der Waals surface area contributed by atoms with Gasteiger partial charge in [-0.2, -0.15) is 17.0 Å². The van der Waals surface area contributed by atoms with E-state index in [0.29, 0.717) is 19.6 Å². The Kier molecular flexibility index (Phi) is 3.45. The van der Waals surface area contributed by atoms with E-state index in [9.17, 15) is 8.42 Å². The fourth-order valence-electron chi connectivity index (χ4n) is 1.36. The van der Waals surface area contributed by atoms with E-state index in [1.807, 2.05) is 20.8 Å². The highest BCUT2D eigenvalue weighted by molar-refractivity contribution is 7.87. The molecular weight excluding hydrogens is 214 g/mol. The number of hydrogen-bond acceptors (Lipinski definition) is 3. The number of rotatable bonds is 2. The van der Waals surface area contributed by atoms with Crippen LogP contribution in [0.15, 0.2) is 0 Å². The van der Waals surface area contributed by atoms with Crippen LogP contribution >= 0.6 is 0 Å². The molecule has 1 aliphatic rings. The van der Waals surface area contributed by atoms with Gasteiger partial charge >= 0.3 is 0 Å². The Balaban J connectivity index is 2.69. The highest BCUT2D eigenvalue weighted by atomic mass is 32.2. The van der Waals surface area contributed by atoms with Crippen LogP contribution in [0.1, 0.15) is 20.8 Å². The van der Waals surface area contributed by atoms with Crippen LogP contribution in [0.25, 0.3) is 0 Å². The van der Waals surface area contributed by atoms with Crippen molar-refractivity contribution in [3.05, 3.63) is 0 Å². The molecule has 1 saturated heterocycles. The molecular formula is C9H21N3O2S. The summed E-state index contributed by atoms with van der Waals surface area (Å²) >= 11 is 0. The summed E-state index contributed by atoms with van der Waals surface area (Å²) in [5.41, 5.74) is 5.90. The third kappa shape index (κ3) is 2.69. The highest BCUT2D eigenvalue weighted by Crippen LogP contribution is 2.21. The van der Waals surface area contributed by atoms with Crippen LogP contribution in [-0.2, 0) is 10.2 Å². The van der Waals surface area contributed by atoms with Crippen molar-refractivity contribution in [3.63, 3.8) is 0 Å². The molecule has 0 radical (unpaired) electrons. The molecule has 0 saturated carbocycles. The summed E-state index contributed by atoms with van der Waals surface area (Å²) in [4.78, 5) is 0. The summed E-state index contributed by atoms with van der Waals surface area (Å²) in [6.45, 7) is 7.55. The van der Waals surface area contributed by atoms with Gasteiger partial charge in [-0.1, -0.05) is 20.8 Å². The number of nitrogens with zero attached hydrogens (tertiary/aromatic N) is 2. The third-order valence-electron chi connectivity index (χ3n) is 2.90. The van der Waals surface area contributed by atoms with Crippen LogP contribution in [0.4, 0.5) is 0 Å². The first-order valence-corrected chi connectivity index (χ1v) is 6.52. The first kappa shape index (κ1) is 12.9. The number of nitrogens with two attached hydrogens (primary N) is 1. The molecule has 0 aromatic carbocycles. The normalized spacial score (nSPS) is 25.7. The fourth-order valence-corrected chi connectivity index (χ4v) is 2.73. The van der Waals surface area contributed by atoms with Gasteiger partial charge in [0.1, 0.15) is 0 Å². The second kappa shape index (κ2) is 4.01. The maximum absolute atomic E-state index is 11.8. The van der Waals surface area contributed by atoms with Gasteiger partial charge in [-0.25, -0.2) is 0 Å². The van der Waals surface area contributed by atoms with Gasteiger partial charge in [0.05, 0.1) is 0 Å². The lowest BCUT2D eigenvalue weighted by Crippen LogP contribution is -2.46. The summed E-state index contributed by atoms with van der Waals surface area (Å²) in [7, 11) is -1.64. The number of likely N-dealkylation sites (N-methyl/N-ethyl adjacent to an activating group) is 1. The first-order valence-electron chi connectivity index (χ1n) is 5.12. The second-order valence-corrected chi connectivity index (χ2v) is 7.20. The van der Waals surface area contributed by atoms with Crippen LogP contribution < -0.4 is 5.73 Å². The largest absolute Gasteiger partial charge is 0.326 e. The summed E-state index contributed by atoms with van der Waals surface area (Å²) in [6.07, 6.45) is 0. The second-order valence-electron chi connectivity index (χ2n) is 5.16. The molecule has 1 fully saturated rings. The molecule has 6 heteroatoms. The minimum absolute atomic E-state index is 0.0727. The van der Waals surface area contributed by atoms with Gasteiger partial charge in [-0.3, -0.25) is 0 Å². The molecule has 0 aromatic heterocycles. The smallest absolute Gasteiger partial charge is 0.281 e. The van der Waals surface area contributed by atoms with E-state index in [1.54, 1.807) is 7.05 Å². The van der Waals surface area contributed by atoms with Crippen molar-refractivity contribution in [1.82, 2.24) is 8.61 Å². The zero-order valence-electron chi connectivity index (χ0n) is 9.90. The molecule has 0 amide bonds. The lowest BCUT2D eigenvalue weighted by Gasteiger charge is -2.30. The monoisotopic (exact) mass is 235 g/mol. The van der Waals surface area contributed by atoms with Crippen molar-refractivity contribution in [2.45, 2.75) is 26.8 Å². The topological polar surface area (TPSA) is 66.6 Å². The predicted molar refractivity (Wildman–Crippen MR) is 60.6 cm³/mol. The lowest BCUT2D eigenvalue weighted by molar-refractivity contribution is 0.272. The molecule has 1 rings (SSSR count). The van der Waals surface area contributed by atoms with Crippen molar-refractivity contribution in [2.75, 3.05) is 26.7 Å². The average Bonchev–Trinajstić information content (AvgIpc) is 2.30. The van der Waals surface area contributed by atoms with Gasteiger partial charge in [0.2, 0.25) is 0 Å². The predicted octanol–water partition coefficient (Wildman–Crippen LogP) is -0.148. The molecule has 1 heterocycles. The molecule has 0 unspecified atom stereocenters. The van der Waals surface area contributed by atoms with Crippen LogP contribution in [0, 0.1) is 5.41 Å². The molecule has 0 aromatic rings. The molecule has 15 heavy (non-hydrogen) atoms. The summed E-state index contributed by atoms with van der Waals surface area (Å²) < 4.78 is 26.3. The van der Waals surface area contributed by atoms with E-state index in [1.165, 1.54) is 8.61 Å². The van der Waals surface area contributed by atoms with E-state index in [2.05, 4.69) is 0 Å². The Morgan fingerprint density at radius 2 is 1.87 bits per heavy atom. The third-order valence-corrected chi connectivity index (χ3v) is 4.85. The van der Waals surface area contributed by atoms with Crippen LogP contribution in [0.3, 0.4) is 0 Å². The van der Waals surface area contributed by atoms with E-state index < -0.39 is 10.2 Å². The zero-order valence-corrected chi connectivity index (χ0v) is 10.7. The minimum Gasteiger partial charge on any atom is -0.326 e. The summed E-state index contributed by atoms with van der Waals surface area (Å²) in [5, 5.41) is 0. The lowest BCUT2D eigenvalue weighted by atomic mass is 9.87. The standard InChI is InChI=1S/C9H21N3O2S/c1-9(2,3)8(10)7-12-6-5-11(4)15(12,13)14/h8H,5-7,10H2,1-4H3/t8-/m1/s1. The SMILES string of the molecule is CN1CCN(C[C@@H](N)C(C)(C)C)S1(=O)=O. The van der Waals surface area contributed by atoms with Gasteiger partial charge in [0, 0.05) is 32.7 Å². The minimum atomic E-state index is -3.23. The summed E-state index contributed by atoms with van der Waals surface area (Å²) in [6, 6.07) is -0.140. The molecule has 90 valence electrons. The molecule has 1 atom stereocenters. The maximum atomic E-state index is 11.8. The summed E-state index contributed by atoms with van der Waals surface area (Å²) in [5.74, 6) is 0. The van der Waals surface area contributed by atoms with Crippen molar-refractivity contribution in [2.24, 2.45) is 11.1 Å². The first-order chi connectivity index (χ1) is 6.65. The van der Waals surface area contributed by atoms with Gasteiger partial charge < -0.3 is 5.73 Å². The van der Waals surface area contributed by atoms with Gasteiger partial charge in [-0.15, -0.1) is 0 Å².